The second kappa shape index (κ2) is 8.45. The summed E-state index contributed by atoms with van der Waals surface area (Å²) in [4.78, 5) is 10.5. The number of hydrogen-bond donors (Lipinski definition) is 0. The SMILES string of the molecule is Clc1cnc(OCc2cn(C3CCN(Cc4ccccc4)CC3)nn2)nc1. The summed E-state index contributed by atoms with van der Waals surface area (Å²) in [6.07, 6.45) is 7.09. The Morgan fingerprint density at radius 1 is 1.07 bits per heavy atom. The minimum absolute atomic E-state index is 0.281. The number of ether oxygens (including phenoxy) is 1. The van der Waals surface area contributed by atoms with Crippen molar-refractivity contribution in [2.24, 2.45) is 0 Å². The maximum absolute atomic E-state index is 5.76. The second-order valence-corrected chi connectivity index (χ2v) is 7.09. The van der Waals surface area contributed by atoms with Gasteiger partial charge < -0.3 is 4.74 Å². The van der Waals surface area contributed by atoms with Crippen LogP contribution < -0.4 is 4.74 Å². The molecule has 0 aliphatic carbocycles. The lowest BCUT2D eigenvalue weighted by molar-refractivity contribution is 0.172. The van der Waals surface area contributed by atoms with Crippen molar-refractivity contribution in [3.05, 3.63) is 65.2 Å². The number of rotatable bonds is 6. The molecule has 1 fully saturated rings. The molecule has 0 saturated carbocycles. The van der Waals surface area contributed by atoms with Crippen molar-refractivity contribution in [3.63, 3.8) is 0 Å². The van der Waals surface area contributed by atoms with Crippen molar-refractivity contribution < 1.29 is 4.74 Å². The summed E-state index contributed by atoms with van der Waals surface area (Å²) in [5.41, 5.74) is 2.13. The molecule has 0 amide bonds. The Bertz CT molecular complexity index is 846. The molecule has 1 aromatic carbocycles. The standard InChI is InChI=1S/C19H21ClN6O/c20-16-10-21-19(22-11-16)27-14-17-13-26(24-23-17)18-6-8-25(9-7-18)12-15-4-2-1-3-5-15/h1-5,10-11,13,18H,6-9,12,14H2. The lowest BCUT2D eigenvalue weighted by Gasteiger charge is -2.31. The van der Waals surface area contributed by atoms with Gasteiger partial charge in [0.25, 0.3) is 0 Å². The number of hydrogen-bond acceptors (Lipinski definition) is 6. The topological polar surface area (TPSA) is 69.0 Å². The minimum Gasteiger partial charge on any atom is -0.457 e. The lowest BCUT2D eigenvalue weighted by Crippen LogP contribution is -2.34. The van der Waals surface area contributed by atoms with Crippen LogP contribution in [0.25, 0.3) is 0 Å². The molecule has 0 bridgehead atoms. The predicted molar refractivity (Wildman–Crippen MR) is 101 cm³/mol. The van der Waals surface area contributed by atoms with Gasteiger partial charge in [-0.2, -0.15) is 0 Å². The molecule has 0 N–H and O–H groups in total. The van der Waals surface area contributed by atoms with Gasteiger partial charge in [0.15, 0.2) is 0 Å². The van der Waals surface area contributed by atoms with Crippen LogP contribution in [0, 0.1) is 0 Å². The summed E-state index contributed by atoms with van der Waals surface area (Å²) in [6.45, 7) is 3.41. The molecular weight excluding hydrogens is 364 g/mol. The highest BCUT2D eigenvalue weighted by molar-refractivity contribution is 6.30. The van der Waals surface area contributed by atoms with E-state index in [1.54, 1.807) is 0 Å². The van der Waals surface area contributed by atoms with Gasteiger partial charge in [-0.05, 0) is 18.4 Å². The second-order valence-electron chi connectivity index (χ2n) is 6.66. The van der Waals surface area contributed by atoms with Crippen molar-refractivity contribution >= 4 is 11.6 Å². The van der Waals surface area contributed by atoms with Crippen LogP contribution in [0.15, 0.2) is 48.9 Å². The van der Waals surface area contributed by atoms with Gasteiger partial charge in [0.2, 0.25) is 0 Å². The molecule has 0 atom stereocenters. The highest BCUT2D eigenvalue weighted by Gasteiger charge is 2.21. The highest BCUT2D eigenvalue weighted by Crippen LogP contribution is 2.23. The largest absolute Gasteiger partial charge is 0.457 e. The summed E-state index contributed by atoms with van der Waals surface area (Å²) in [5.74, 6) is 0. The molecule has 2 aromatic heterocycles. The van der Waals surface area contributed by atoms with Crippen LogP contribution in [-0.4, -0.2) is 43.0 Å². The third-order valence-corrected chi connectivity index (χ3v) is 4.88. The Labute approximate surface area is 163 Å². The van der Waals surface area contributed by atoms with Gasteiger partial charge in [-0.15, -0.1) is 5.10 Å². The van der Waals surface area contributed by atoms with Crippen LogP contribution >= 0.6 is 11.6 Å². The van der Waals surface area contributed by atoms with Gasteiger partial charge in [-0.3, -0.25) is 4.90 Å². The molecule has 0 radical (unpaired) electrons. The van der Waals surface area contributed by atoms with Crippen LogP contribution in [0.2, 0.25) is 5.02 Å². The van der Waals surface area contributed by atoms with Crippen LogP contribution in [0.4, 0.5) is 0 Å². The van der Waals surface area contributed by atoms with Crippen LogP contribution in [-0.2, 0) is 13.2 Å². The van der Waals surface area contributed by atoms with Crippen molar-refractivity contribution in [1.29, 1.82) is 0 Å². The highest BCUT2D eigenvalue weighted by atomic mass is 35.5. The molecule has 4 rings (SSSR count). The van der Waals surface area contributed by atoms with Gasteiger partial charge >= 0.3 is 6.01 Å². The van der Waals surface area contributed by atoms with E-state index in [-0.39, 0.29) is 12.6 Å². The summed E-state index contributed by atoms with van der Waals surface area (Å²) in [5, 5.41) is 8.96. The van der Waals surface area contributed by atoms with Crippen molar-refractivity contribution in [3.8, 4) is 6.01 Å². The third-order valence-electron chi connectivity index (χ3n) is 4.68. The number of benzene rings is 1. The first-order chi connectivity index (χ1) is 13.3. The molecule has 1 aliphatic rings. The van der Waals surface area contributed by atoms with Gasteiger partial charge in [0.05, 0.1) is 29.7 Å². The minimum atomic E-state index is 0.281. The van der Waals surface area contributed by atoms with Gasteiger partial charge in [0, 0.05) is 19.6 Å². The Hall–Kier alpha value is -2.51. The van der Waals surface area contributed by atoms with E-state index in [1.807, 2.05) is 10.9 Å². The van der Waals surface area contributed by atoms with Crippen LogP contribution in [0.5, 0.6) is 6.01 Å². The number of halogens is 1. The van der Waals surface area contributed by atoms with E-state index < -0.39 is 0 Å². The van der Waals surface area contributed by atoms with Crippen LogP contribution in [0.1, 0.15) is 30.1 Å². The fourth-order valence-electron chi connectivity index (χ4n) is 3.26. The molecule has 1 saturated heterocycles. The zero-order valence-corrected chi connectivity index (χ0v) is 15.7. The molecule has 1 aliphatic heterocycles. The van der Waals surface area contributed by atoms with Crippen LogP contribution in [0.3, 0.4) is 0 Å². The van der Waals surface area contributed by atoms with E-state index in [2.05, 4.69) is 55.5 Å². The Kier molecular flexibility index (Phi) is 5.60. The number of aromatic nitrogens is 5. The fraction of sp³-hybridized carbons (Fsp3) is 0.368. The predicted octanol–water partition coefficient (Wildman–Crippen LogP) is 3.14. The smallest absolute Gasteiger partial charge is 0.316 e. The number of nitrogens with zero attached hydrogens (tertiary/aromatic N) is 6. The van der Waals surface area contributed by atoms with E-state index in [0.717, 1.165) is 38.2 Å². The van der Waals surface area contributed by atoms with E-state index >= 15 is 0 Å². The van der Waals surface area contributed by atoms with E-state index in [9.17, 15) is 0 Å². The summed E-state index contributed by atoms with van der Waals surface area (Å²) >= 11 is 5.76. The van der Waals surface area contributed by atoms with E-state index in [4.69, 9.17) is 16.3 Å². The summed E-state index contributed by atoms with van der Waals surface area (Å²) < 4.78 is 7.49. The maximum Gasteiger partial charge on any atom is 0.316 e. The van der Waals surface area contributed by atoms with Gasteiger partial charge in [-0.1, -0.05) is 47.1 Å². The Morgan fingerprint density at radius 2 is 1.81 bits per heavy atom. The first kappa shape index (κ1) is 17.9. The third kappa shape index (κ3) is 4.81. The maximum atomic E-state index is 5.76. The summed E-state index contributed by atoms with van der Waals surface area (Å²) in [7, 11) is 0. The first-order valence-electron chi connectivity index (χ1n) is 9.03. The van der Waals surface area contributed by atoms with E-state index in [0.29, 0.717) is 11.1 Å². The molecule has 7 nitrogen and oxygen atoms in total. The van der Waals surface area contributed by atoms with Gasteiger partial charge in [0.1, 0.15) is 12.3 Å². The van der Waals surface area contributed by atoms with Gasteiger partial charge in [-0.25, -0.2) is 14.6 Å². The molecule has 140 valence electrons. The molecule has 0 unspecified atom stereocenters. The first-order valence-corrected chi connectivity index (χ1v) is 9.41. The molecule has 27 heavy (non-hydrogen) atoms. The average Bonchev–Trinajstić information content (AvgIpc) is 3.18. The lowest BCUT2D eigenvalue weighted by atomic mass is 10.0. The fourth-order valence-corrected chi connectivity index (χ4v) is 3.35. The van der Waals surface area contributed by atoms with Crippen molar-refractivity contribution in [2.45, 2.75) is 32.0 Å². The van der Waals surface area contributed by atoms with Crippen molar-refractivity contribution in [1.82, 2.24) is 29.9 Å². The zero-order valence-electron chi connectivity index (χ0n) is 14.9. The Balaban J connectivity index is 1.27. The molecule has 8 heteroatoms. The molecule has 0 spiro atoms. The van der Waals surface area contributed by atoms with E-state index in [1.165, 1.54) is 18.0 Å². The molecular formula is C19H21ClN6O. The molecule has 3 aromatic rings. The summed E-state index contributed by atoms with van der Waals surface area (Å²) in [6, 6.07) is 11.3. The zero-order chi connectivity index (χ0) is 18.5. The average molecular weight is 385 g/mol. The number of piperidine rings is 1. The molecule has 3 heterocycles. The van der Waals surface area contributed by atoms with Crippen molar-refractivity contribution in [2.75, 3.05) is 13.1 Å². The number of likely N-dealkylation sites (tertiary alicyclic amines) is 1. The Morgan fingerprint density at radius 3 is 2.56 bits per heavy atom. The monoisotopic (exact) mass is 384 g/mol. The quantitative estimate of drug-likeness (QED) is 0.650. The normalized spacial score (nSPS) is 15.7.